The van der Waals surface area contributed by atoms with Crippen LogP contribution in [-0.2, 0) is 17.7 Å². The van der Waals surface area contributed by atoms with Crippen molar-refractivity contribution in [2.24, 2.45) is 4.99 Å². The van der Waals surface area contributed by atoms with Crippen LogP contribution < -0.4 is 10.2 Å². The first-order valence-corrected chi connectivity index (χ1v) is 9.72. The number of piperazine rings is 1. The third-order valence-electron chi connectivity index (χ3n) is 4.62. The van der Waals surface area contributed by atoms with Crippen molar-refractivity contribution in [3.63, 3.8) is 0 Å². The van der Waals surface area contributed by atoms with Crippen LogP contribution in [-0.4, -0.2) is 88.6 Å². The summed E-state index contributed by atoms with van der Waals surface area (Å²) in [5.74, 6) is 2.70. The van der Waals surface area contributed by atoms with Crippen molar-refractivity contribution in [1.29, 1.82) is 0 Å². The Morgan fingerprint density at radius 1 is 1.21 bits per heavy atom. The number of aryl methyl sites for hydroxylation is 1. The summed E-state index contributed by atoms with van der Waals surface area (Å²) < 4.78 is 7.22. The van der Waals surface area contributed by atoms with Crippen molar-refractivity contribution in [2.75, 3.05) is 57.9 Å². The van der Waals surface area contributed by atoms with Gasteiger partial charge in [0.2, 0.25) is 5.95 Å². The molecule has 0 atom stereocenters. The number of guanidine groups is 1. The average Bonchev–Trinajstić information content (AvgIpc) is 3.21. The summed E-state index contributed by atoms with van der Waals surface area (Å²) in [6.07, 6.45) is 6.21. The van der Waals surface area contributed by atoms with Crippen LogP contribution in [0.15, 0.2) is 29.8 Å². The summed E-state index contributed by atoms with van der Waals surface area (Å²) in [7, 11) is 1.69. The van der Waals surface area contributed by atoms with E-state index >= 15 is 0 Å². The number of nitrogens with one attached hydrogen (secondary N) is 1. The Labute approximate surface area is 165 Å². The summed E-state index contributed by atoms with van der Waals surface area (Å²) >= 11 is 0. The minimum atomic E-state index is 0.606. The van der Waals surface area contributed by atoms with Crippen LogP contribution in [0.3, 0.4) is 0 Å². The van der Waals surface area contributed by atoms with Crippen LogP contribution in [0.4, 0.5) is 5.95 Å². The van der Waals surface area contributed by atoms with Crippen molar-refractivity contribution in [3.05, 3.63) is 30.6 Å². The molecule has 10 nitrogen and oxygen atoms in total. The first kappa shape index (κ1) is 20.0. The van der Waals surface area contributed by atoms with E-state index in [2.05, 4.69) is 46.8 Å². The van der Waals surface area contributed by atoms with Gasteiger partial charge in [-0.3, -0.25) is 4.99 Å². The third-order valence-corrected chi connectivity index (χ3v) is 4.62. The molecule has 0 aliphatic carbocycles. The minimum absolute atomic E-state index is 0.606. The fourth-order valence-electron chi connectivity index (χ4n) is 3.11. The number of anilines is 1. The Kier molecular flexibility index (Phi) is 7.53. The highest BCUT2D eigenvalue weighted by atomic mass is 16.5. The fourth-order valence-corrected chi connectivity index (χ4v) is 3.11. The SMILES string of the molecule is CCc1nncn1CCNC(=NCCOC)N1CCN(c2ncccn2)CC1. The number of hydrogen-bond donors (Lipinski definition) is 1. The number of aliphatic imine (C=N–C) groups is 1. The van der Waals surface area contributed by atoms with E-state index in [0.717, 1.165) is 63.4 Å². The topological polar surface area (TPSA) is 96.6 Å². The maximum absolute atomic E-state index is 5.15. The molecule has 1 N–H and O–H groups in total. The summed E-state index contributed by atoms with van der Waals surface area (Å²) in [5.41, 5.74) is 0. The van der Waals surface area contributed by atoms with E-state index in [4.69, 9.17) is 9.73 Å². The van der Waals surface area contributed by atoms with Crippen LogP contribution in [0.5, 0.6) is 0 Å². The van der Waals surface area contributed by atoms with E-state index in [1.54, 1.807) is 25.8 Å². The number of methoxy groups -OCH3 is 1. The largest absolute Gasteiger partial charge is 0.383 e. The average molecular weight is 387 g/mol. The second kappa shape index (κ2) is 10.5. The van der Waals surface area contributed by atoms with Crippen LogP contribution in [0, 0.1) is 0 Å². The lowest BCUT2D eigenvalue weighted by Gasteiger charge is -2.36. The van der Waals surface area contributed by atoms with Crippen molar-refractivity contribution >= 4 is 11.9 Å². The molecular formula is C18H29N9O. The van der Waals surface area contributed by atoms with E-state index in [0.29, 0.717) is 13.2 Å². The number of nitrogens with zero attached hydrogens (tertiary/aromatic N) is 8. The van der Waals surface area contributed by atoms with E-state index in [-0.39, 0.29) is 0 Å². The number of ether oxygens (including phenoxy) is 1. The van der Waals surface area contributed by atoms with Gasteiger partial charge in [-0.05, 0) is 6.07 Å². The van der Waals surface area contributed by atoms with Crippen LogP contribution >= 0.6 is 0 Å². The summed E-state index contributed by atoms with van der Waals surface area (Å²) in [4.78, 5) is 17.9. The smallest absolute Gasteiger partial charge is 0.225 e. The Morgan fingerprint density at radius 2 is 2.00 bits per heavy atom. The molecule has 3 heterocycles. The predicted molar refractivity (Wildman–Crippen MR) is 107 cm³/mol. The second-order valence-electron chi connectivity index (χ2n) is 6.44. The molecule has 0 saturated carbocycles. The number of hydrogen-bond acceptors (Lipinski definition) is 7. The van der Waals surface area contributed by atoms with E-state index < -0.39 is 0 Å². The number of aromatic nitrogens is 5. The Hall–Kier alpha value is -2.75. The van der Waals surface area contributed by atoms with Gasteiger partial charge in [-0.25, -0.2) is 9.97 Å². The highest BCUT2D eigenvalue weighted by Gasteiger charge is 2.21. The lowest BCUT2D eigenvalue weighted by molar-refractivity contribution is 0.207. The molecule has 3 rings (SSSR count). The van der Waals surface area contributed by atoms with Gasteiger partial charge in [0.1, 0.15) is 12.2 Å². The quantitative estimate of drug-likeness (QED) is 0.385. The molecule has 0 aromatic carbocycles. The maximum atomic E-state index is 5.15. The molecule has 10 heteroatoms. The third kappa shape index (κ3) is 5.38. The summed E-state index contributed by atoms with van der Waals surface area (Å²) in [6.45, 7) is 8.34. The minimum Gasteiger partial charge on any atom is -0.383 e. The van der Waals surface area contributed by atoms with E-state index in [1.165, 1.54) is 0 Å². The van der Waals surface area contributed by atoms with Gasteiger partial charge in [-0.1, -0.05) is 6.92 Å². The molecule has 2 aromatic heterocycles. The van der Waals surface area contributed by atoms with Crippen LogP contribution in [0.25, 0.3) is 0 Å². The molecule has 152 valence electrons. The molecule has 1 aliphatic heterocycles. The van der Waals surface area contributed by atoms with Gasteiger partial charge in [0.15, 0.2) is 5.96 Å². The molecular weight excluding hydrogens is 358 g/mol. The van der Waals surface area contributed by atoms with Crippen molar-refractivity contribution in [1.82, 2.24) is 34.9 Å². The molecule has 1 fully saturated rings. The van der Waals surface area contributed by atoms with Gasteiger partial charge in [-0.15, -0.1) is 10.2 Å². The first-order valence-electron chi connectivity index (χ1n) is 9.72. The summed E-state index contributed by atoms with van der Waals surface area (Å²) in [5, 5.41) is 11.6. The Balaban J connectivity index is 1.55. The van der Waals surface area contributed by atoms with E-state index in [1.807, 2.05) is 6.07 Å². The van der Waals surface area contributed by atoms with Crippen molar-refractivity contribution in [2.45, 2.75) is 19.9 Å². The van der Waals surface area contributed by atoms with E-state index in [9.17, 15) is 0 Å². The van der Waals surface area contributed by atoms with Gasteiger partial charge in [-0.2, -0.15) is 0 Å². The fraction of sp³-hybridized carbons (Fsp3) is 0.611. The van der Waals surface area contributed by atoms with Gasteiger partial charge in [0.05, 0.1) is 13.2 Å². The van der Waals surface area contributed by atoms with Gasteiger partial charge in [0, 0.05) is 65.2 Å². The van der Waals surface area contributed by atoms with Crippen molar-refractivity contribution < 1.29 is 4.74 Å². The highest BCUT2D eigenvalue weighted by molar-refractivity contribution is 5.80. The first-order chi connectivity index (χ1) is 13.8. The summed E-state index contributed by atoms with van der Waals surface area (Å²) in [6, 6.07) is 1.84. The zero-order chi connectivity index (χ0) is 19.6. The molecule has 0 radical (unpaired) electrons. The second-order valence-corrected chi connectivity index (χ2v) is 6.44. The Morgan fingerprint density at radius 3 is 2.71 bits per heavy atom. The molecule has 0 spiro atoms. The van der Waals surface area contributed by atoms with Crippen LogP contribution in [0.1, 0.15) is 12.7 Å². The Bertz CT molecular complexity index is 726. The normalized spacial score (nSPS) is 15.1. The highest BCUT2D eigenvalue weighted by Crippen LogP contribution is 2.09. The maximum Gasteiger partial charge on any atom is 0.225 e. The predicted octanol–water partition coefficient (Wildman–Crippen LogP) is 0.0447. The molecule has 1 aliphatic rings. The molecule has 28 heavy (non-hydrogen) atoms. The lowest BCUT2D eigenvalue weighted by Crippen LogP contribution is -2.53. The van der Waals surface area contributed by atoms with Gasteiger partial charge in [0.25, 0.3) is 0 Å². The lowest BCUT2D eigenvalue weighted by atomic mass is 10.3. The monoisotopic (exact) mass is 387 g/mol. The molecule has 0 amide bonds. The molecule has 2 aromatic rings. The molecule has 0 bridgehead atoms. The zero-order valence-electron chi connectivity index (χ0n) is 16.7. The van der Waals surface area contributed by atoms with Crippen molar-refractivity contribution in [3.8, 4) is 0 Å². The zero-order valence-corrected chi connectivity index (χ0v) is 16.7. The van der Waals surface area contributed by atoms with Gasteiger partial charge < -0.3 is 24.4 Å². The van der Waals surface area contributed by atoms with Crippen LogP contribution in [0.2, 0.25) is 0 Å². The molecule has 1 saturated heterocycles. The van der Waals surface area contributed by atoms with Gasteiger partial charge >= 0.3 is 0 Å². The molecule has 0 unspecified atom stereocenters. The standard InChI is InChI=1S/C18H29N9O/c1-3-16-24-23-15-27(16)9-7-21-18(22-8-14-28-2)26-12-10-25(11-13-26)17-19-5-4-6-20-17/h4-6,15H,3,7-14H2,1-2H3,(H,21,22). The number of rotatable bonds is 8.